The summed E-state index contributed by atoms with van der Waals surface area (Å²) in [6.07, 6.45) is 0. The number of nitrogens with two attached hydrogens (primary N) is 1. The van der Waals surface area contributed by atoms with E-state index in [4.69, 9.17) is 10.5 Å². The molecule has 0 saturated carbocycles. The molecule has 1 aromatic heterocycles. The fourth-order valence-corrected chi connectivity index (χ4v) is 2.91. The minimum atomic E-state index is -0.907. The highest BCUT2D eigenvalue weighted by Crippen LogP contribution is 2.39. The number of ether oxygens (including phenoxy) is 1. The van der Waals surface area contributed by atoms with Crippen LogP contribution in [0.15, 0.2) is 45.3 Å². The summed E-state index contributed by atoms with van der Waals surface area (Å²) in [5, 5.41) is 20.3. The maximum absolute atomic E-state index is 12.7. The fraction of sp³-hybridized carbons (Fsp3) is 0.188. The van der Waals surface area contributed by atoms with E-state index in [0.29, 0.717) is 5.56 Å². The summed E-state index contributed by atoms with van der Waals surface area (Å²) >= 11 is 0. The average molecular weight is 355 g/mol. The molecule has 2 heterocycles. The van der Waals surface area contributed by atoms with Crippen LogP contribution >= 0.6 is 0 Å². The van der Waals surface area contributed by atoms with Crippen molar-refractivity contribution < 1.29 is 9.66 Å². The van der Waals surface area contributed by atoms with Gasteiger partial charge in [0, 0.05) is 26.2 Å². The van der Waals surface area contributed by atoms with E-state index >= 15 is 0 Å². The molecule has 1 aliphatic heterocycles. The molecular formula is C16H13N5O5. The average Bonchev–Trinajstić information content (AvgIpc) is 2.63. The Hall–Kier alpha value is -3.87. The minimum absolute atomic E-state index is 0.0119. The zero-order valence-electron chi connectivity index (χ0n) is 13.8. The van der Waals surface area contributed by atoms with Crippen molar-refractivity contribution in [3.05, 3.63) is 77.8 Å². The minimum Gasteiger partial charge on any atom is -0.423 e. The largest absolute Gasteiger partial charge is 0.423 e. The van der Waals surface area contributed by atoms with Gasteiger partial charge in [0.05, 0.1) is 16.4 Å². The Balaban J connectivity index is 2.34. The maximum atomic E-state index is 12.7. The van der Waals surface area contributed by atoms with Gasteiger partial charge in [-0.05, 0) is 5.56 Å². The Morgan fingerprint density at radius 1 is 1.23 bits per heavy atom. The van der Waals surface area contributed by atoms with Crippen molar-refractivity contribution in [2.45, 2.75) is 5.92 Å². The van der Waals surface area contributed by atoms with Crippen LogP contribution in [0.2, 0.25) is 0 Å². The molecule has 0 saturated heterocycles. The Labute approximate surface area is 146 Å². The summed E-state index contributed by atoms with van der Waals surface area (Å²) in [6.45, 7) is 0. The lowest BCUT2D eigenvalue weighted by molar-refractivity contribution is -0.384. The summed E-state index contributed by atoms with van der Waals surface area (Å²) in [5.74, 6) is -1.19. The first-order chi connectivity index (χ1) is 12.3. The van der Waals surface area contributed by atoms with E-state index in [1.54, 1.807) is 0 Å². The van der Waals surface area contributed by atoms with Crippen molar-refractivity contribution in [2.75, 3.05) is 0 Å². The number of nitro groups is 1. The van der Waals surface area contributed by atoms with Gasteiger partial charge in [-0.25, -0.2) is 4.79 Å². The van der Waals surface area contributed by atoms with Gasteiger partial charge < -0.3 is 10.5 Å². The number of aromatic nitrogens is 2. The molecule has 1 aliphatic rings. The van der Waals surface area contributed by atoms with Gasteiger partial charge in [-0.3, -0.25) is 24.0 Å². The zero-order chi connectivity index (χ0) is 19.2. The number of nitriles is 1. The Bertz CT molecular complexity index is 1120. The summed E-state index contributed by atoms with van der Waals surface area (Å²) in [6, 6.07) is 7.33. The van der Waals surface area contributed by atoms with Crippen molar-refractivity contribution in [1.82, 2.24) is 9.13 Å². The van der Waals surface area contributed by atoms with Crippen molar-refractivity contribution in [3.8, 4) is 11.9 Å². The first-order valence-electron chi connectivity index (χ1n) is 7.39. The number of rotatable bonds is 2. The van der Waals surface area contributed by atoms with Crippen LogP contribution in [0.1, 0.15) is 17.0 Å². The van der Waals surface area contributed by atoms with E-state index in [9.17, 15) is 25.0 Å². The van der Waals surface area contributed by atoms with Gasteiger partial charge in [-0.1, -0.05) is 12.1 Å². The highest BCUT2D eigenvalue weighted by atomic mass is 16.6. The molecule has 132 valence electrons. The third kappa shape index (κ3) is 2.34. The lowest BCUT2D eigenvalue weighted by atomic mass is 9.85. The van der Waals surface area contributed by atoms with E-state index in [1.165, 1.54) is 38.4 Å². The van der Waals surface area contributed by atoms with Crippen LogP contribution in [0.4, 0.5) is 5.69 Å². The number of nitro benzene ring substituents is 1. The van der Waals surface area contributed by atoms with Crippen LogP contribution in [0.5, 0.6) is 5.88 Å². The number of non-ortho nitro benzene ring substituents is 1. The number of nitrogens with zero attached hydrogens (tertiary/aromatic N) is 4. The third-order valence-electron chi connectivity index (χ3n) is 4.25. The second kappa shape index (κ2) is 5.89. The highest BCUT2D eigenvalue weighted by Gasteiger charge is 2.36. The molecule has 0 amide bonds. The highest BCUT2D eigenvalue weighted by molar-refractivity contribution is 5.53. The Morgan fingerprint density at radius 2 is 1.85 bits per heavy atom. The summed E-state index contributed by atoms with van der Waals surface area (Å²) < 4.78 is 7.39. The molecule has 0 bridgehead atoms. The van der Waals surface area contributed by atoms with Gasteiger partial charge >= 0.3 is 5.69 Å². The second-order valence-electron chi connectivity index (χ2n) is 5.70. The summed E-state index contributed by atoms with van der Waals surface area (Å²) in [5.41, 5.74) is 4.94. The normalized spacial score (nSPS) is 15.8. The van der Waals surface area contributed by atoms with Crippen LogP contribution in [0.3, 0.4) is 0 Å². The summed E-state index contributed by atoms with van der Waals surface area (Å²) in [4.78, 5) is 35.1. The monoisotopic (exact) mass is 355 g/mol. The predicted octanol–water partition coefficient (Wildman–Crippen LogP) is 0.210. The Kier molecular flexibility index (Phi) is 3.84. The molecule has 2 N–H and O–H groups in total. The van der Waals surface area contributed by atoms with Gasteiger partial charge in [-0.15, -0.1) is 0 Å². The quantitative estimate of drug-likeness (QED) is 0.598. The van der Waals surface area contributed by atoms with Gasteiger partial charge in [0.1, 0.15) is 11.6 Å². The van der Waals surface area contributed by atoms with Gasteiger partial charge in [0.25, 0.3) is 11.2 Å². The third-order valence-corrected chi connectivity index (χ3v) is 4.25. The smallest absolute Gasteiger partial charge is 0.333 e. The first-order valence-corrected chi connectivity index (χ1v) is 7.39. The SMILES string of the molecule is Cn1c2c(c(=O)n(C)c1=O)[C@@H](c1ccc([N+](=O)[O-])cc1)C(C#N)=C(N)O2. The van der Waals surface area contributed by atoms with Crippen molar-refractivity contribution in [3.63, 3.8) is 0 Å². The van der Waals surface area contributed by atoms with E-state index in [2.05, 4.69) is 0 Å². The predicted molar refractivity (Wildman–Crippen MR) is 89.3 cm³/mol. The van der Waals surface area contributed by atoms with Crippen LogP contribution in [0.25, 0.3) is 0 Å². The second-order valence-corrected chi connectivity index (χ2v) is 5.70. The van der Waals surface area contributed by atoms with Crippen LogP contribution < -0.4 is 21.7 Å². The maximum Gasteiger partial charge on any atom is 0.333 e. The molecule has 0 fully saturated rings. The van der Waals surface area contributed by atoms with Crippen molar-refractivity contribution >= 4 is 5.69 Å². The lowest BCUT2D eigenvalue weighted by Crippen LogP contribution is -2.42. The Morgan fingerprint density at radius 3 is 2.38 bits per heavy atom. The van der Waals surface area contributed by atoms with Gasteiger partial charge in [0.15, 0.2) is 0 Å². The van der Waals surface area contributed by atoms with E-state index in [-0.39, 0.29) is 28.6 Å². The number of benzene rings is 1. The van der Waals surface area contributed by atoms with Crippen LogP contribution in [-0.4, -0.2) is 14.1 Å². The number of hydrogen-bond acceptors (Lipinski definition) is 7. The van der Waals surface area contributed by atoms with Crippen LogP contribution in [0, 0.1) is 21.4 Å². The molecule has 0 unspecified atom stereocenters. The molecule has 0 aliphatic carbocycles. The number of allylic oxidation sites excluding steroid dienone is 1. The molecule has 10 heteroatoms. The molecule has 3 rings (SSSR count). The molecule has 0 radical (unpaired) electrons. The van der Waals surface area contributed by atoms with Crippen LogP contribution in [-0.2, 0) is 14.1 Å². The molecule has 1 atom stereocenters. The zero-order valence-corrected chi connectivity index (χ0v) is 13.8. The number of fused-ring (bicyclic) bond motifs is 1. The topological polar surface area (TPSA) is 146 Å². The van der Waals surface area contributed by atoms with E-state index < -0.39 is 22.1 Å². The van der Waals surface area contributed by atoms with E-state index in [0.717, 1.165) is 9.13 Å². The van der Waals surface area contributed by atoms with Crippen molar-refractivity contribution in [2.24, 2.45) is 19.8 Å². The van der Waals surface area contributed by atoms with Crippen molar-refractivity contribution in [1.29, 1.82) is 5.26 Å². The lowest BCUT2D eigenvalue weighted by Gasteiger charge is -2.27. The van der Waals surface area contributed by atoms with Gasteiger partial charge in [0.2, 0.25) is 11.8 Å². The molecule has 26 heavy (non-hydrogen) atoms. The first kappa shape index (κ1) is 17.0. The molecule has 0 spiro atoms. The van der Waals surface area contributed by atoms with E-state index in [1.807, 2.05) is 6.07 Å². The molecular weight excluding hydrogens is 342 g/mol. The molecule has 1 aromatic carbocycles. The molecule has 10 nitrogen and oxygen atoms in total. The fourth-order valence-electron chi connectivity index (χ4n) is 2.91. The summed E-state index contributed by atoms with van der Waals surface area (Å²) in [7, 11) is 2.73. The molecule has 2 aromatic rings. The standard InChI is InChI=1S/C16H13N5O5/c1-19-14(22)12-11(8-3-5-9(6-4-8)21(24)25)10(7-17)13(18)26-15(12)20(2)16(19)23/h3-6,11H,18H2,1-2H3/t11-/m0/s1. The number of hydrogen-bond donors (Lipinski definition) is 1. The van der Waals surface area contributed by atoms with Gasteiger partial charge in [-0.2, -0.15) is 5.26 Å².